The zero-order chi connectivity index (χ0) is 16.3. The van der Waals surface area contributed by atoms with Crippen molar-refractivity contribution in [2.45, 2.75) is 44.2 Å². The summed E-state index contributed by atoms with van der Waals surface area (Å²) in [6, 6.07) is 6.66. The van der Waals surface area contributed by atoms with Crippen LogP contribution in [0.25, 0.3) is 22.1 Å². The highest BCUT2D eigenvalue weighted by atomic mass is 16.3. The molecule has 3 aromatic rings. The van der Waals surface area contributed by atoms with Crippen LogP contribution in [0.15, 0.2) is 27.4 Å². The first-order valence-corrected chi connectivity index (χ1v) is 8.88. The highest BCUT2D eigenvalue weighted by Gasteiger charge is 2.37. The highest BCUT2D eigenvalue weighted by Crippen LogP contribution is 2.38. The van der Waals surface area contributed by atoms with Gasteiger partial charge in [0.05, 0.1) is 6.04 Å². The van der Waals surface area contributed by atoms with E-state index < -0.39 is 0 Å². The van der Waals surface area contributed by atoms with Gasteiger partial charge in [0.2, 0.25) is 5.58 Å². The average molecular weight is 321 g/mol. The molecule has 1 saturated heterocycles. The number of fused-ring (bicyclic) bond motifs is 4. The van der Waals surface area contributed by atoms with Crippen LogP contribution in [0.4, 0.5) is 0 Å². The number of nitrogens with zero attached hydrogens (tertiary/aromatic N) is 1. The number of benzene rings is 1. The van der Waals surface area contributed by atoms with Gasteiger partial charge in [-0.25, -0.2) is 4.98 Å². The minimum absolute atomic E-state index is 0.143. The number of nitrogens with one attached hydrogen (secondary N) is 2. The quantitative estimate of drug-likeness (QED) is 0.667. The van der Waals surface area contributed by atoms with E-state index in [0.29, 0.717) is 23.1 Å². The Morgan fingerprint density at radius 1 is 1.25 bits per heavy atom. The molecule has 0 spiro atoms. The van der Waals surface area contributed by atoms with E-state index in [1.54, 1.807) is 0 Å². The predicted octanol–water partition coefficient (Wildman–Crippen LogP) is 1.52. The molecule has 0 amide bonds. The second kappa shape index (κ2) is 5.21. The van der Waals surface area contributed by atoms with E-state index in [9.17, 15) is 4.79 Å². The molecule has 2 aromatic heterocycles. The summed E-state index contributed by atoms with van der Waals surface area (Å²) in [5.74, 6) is 1.47. The zero-order valence-corrected chi connectivity index (χ0v) is 13.8. The molecule has 122 valence electrons. The molecular weight excluding hydrogens is 301 g/mol. The summed E-state index contributed by atoms with van der Waals surface area (Å²) in [6.45, 7) is 0. The standard InChI is InChI=1S/C18H20BN3O2/c19-10-5-6-14-11(8-10)15-16(24-14)18(23)22-17(21-15)13-7-9-3-1-2-4-12(9)20-13/h5-6,8-9,12-13,20H,1-4,7,19H2,(H,21,22,23)/t9?,12?,13-/m0/s1. The maximum Gasteiger partial charge on any atom is 0.294 e. The smallest absolute Gasteiger partial charge is 0.294 e. The predicted molar refractivity (Wildman–Crippen MR) is 96.6 cm³/mol. The van der Waals surface area contributed by atoms with Crippen LogP contribution >= 0.6 is 0 Å². The van der Waals surface area contributed by atoms with E-state index in [-0.39, 0.29) is 11.6 Å². The Balaban J connectivity index is 1.63. The van der Waals surface area contributed by atoms with E-state index >= 15 is 0 Å². The van der Waals surface area contributed by atoms with Crippen molar-refractivity contribution in [3.8, 4) is 0 Å². The van der Waals surface area contributed by atoms with Gasteiger partial charge in [0.1, 0.15) is 24.8 Å². The molecule has 1 aliphatic heterocycles. The summed E-state index contributed by atoms with van der Waals surface area (Å²) >= 11 is 0. The van der Waals surface area contributed by atoms with Crippen LogP contribution in [0.2, 0.25) is 0 Å². The van der Waals surface area contributed by atoms with Crippen LogP contribution < -0.4 is 16.3 Å². The molecule has 6 heteroatoms. The second-order valence-corrected chi connectivity index (χ2v) is 7.34. The van der Waals surface area contributed by atoms with Gasteiger partial charge in [-0.2, -0.15) is 0 Å². The average Bonchev–Trinajstić information content (AvgIpc) is 3.16. The Labute approximate surface area is 140 Å². The monoisotopic (exact) mass is 321 g/mol. The summed E-state index contributed by atoms with van der Waals surface area (Å²) in [7, 11) is 2.04. The molecule has 2 unspecified atom stereocenters. The topological polar surface area (TPSA) is 70.9 Å². The van der Waals surface area contributed by atoms with Gasteiger partial charge >= 0.3 is 0 Å². The summed E-state index contributed by atoms with van der Waals surface area (Å²) in [4.78, 5) is 20.3. The zero-order valence-electron chi connectivity index (χ0n) is 13.8. The van der Waals surface area contributed by atoms with Gasteiger partial charge < -0.3 is 14.7 Å². The molecule has 2 aliphatic rings. The maximum atomic E-state index is 12.5. The number of aromatic amines is 1. The van der Waals surface area contributed by atoms with Crippen molar-refractivity contribution in [1.29, 1.82) is 0 Å². The van der Waals surface area contributed by atoms with E-state index in [0.717, 1.165) is 28.7 Å². The van der Waals surface area contributed by atoms with Crippen molar-refractivity contribution >= 4 is 35.4 Å². The molecule has 0 radical (unpaired) electrons. The molecule has 24 heavy (non-hydrogen) atoms. The van der Waals surface area contributed by atoms with Crippen LogP contribution in [0.3, 0.4) is 0 Å². The van der Waals surface area contributed by atoms with Gasteiger partial charge in [0.25, 0.3) is 5.56 Å². The minimum atomic E-state index is -0.180. The number of aromatic nitrogens is 2. The SMILES string of the molecule is Bc1ccc2oc3c(=O)[nH]c([C@@H]4CC5CCCCC5N4)nc3c2c1. The molecule has 2 N–H and O–H groups in total. The molecule has 1 aliphatic carbocycles. The van der Waals surface area contributed by atoms with Crippen LogP contribution in [0, 0.1) is 5.92 Å². The third-order valence-corrected chi connectivity index (χ3v) is 5.69. The lowest BCUT2D eigenvalue weighted by Gasteiger charge is -2.24. The molecule has 2 fully saturated rings. The highest BCUT2D eigenvalue weighted by molar-refractivity contribution is 6.33. The van der Waals surface area contributed by atoms with E-state index in [1.807, 2.05) is 26.0 Å². The van der Waals surface area contributed by atoms with Crippen molar-refractivity contribution in [3.05, 3.63) is 34.4 Å². The Kier molecular flexibility index (Phi) is 3.10. The lowest BCUT2D eigenvalue weighted by atomic mass is 9.85. The first-order chi connectivity index (χ1) is 11.7. The van der Waals surface area contributed by atoms with Crippen molar-refractivity contribution in [3.63, 3.8) is 0 Å². The fraction of sp³-hybridized carbons (Fsp3) is 0.444. The van der Waals surface area contributed by atoms with E-state index in [2.05, 4.69) is 10.3 Å². The maximum absolute atomic E-state index is 12.5. The normalized spacial score (nSPS) is 26.9. The van der Waals surface area contributed by atoms with Gasteiger partial charge in [0.15, 0.2) is 0 Å². The van der Waals surface area contributed by atoms with Gasteiger partial charge in [-0.15, -0.1) is 0 Å². The molecule has 3 atom stereocenters. The largest absolute Gasteiger partial charge is 0.449 e. The van der Waals surface area contributed by atoms with Crippen molar-refractivity contribution in [1.82, 2.24) is 15.3 Å². The van der Waals surface area contributed by atoms with Crippen LogP contribution in [-0.2, 0) is 0 Å². The van der Waals surface area contributed by atoms with Gasteiger partial charge in [-0.1, -0.05) is 30.4 Å². The summed E-state index contributed by atoms with van der Waals surface area (Å²) < 4.78 is 5.72. The molecular formula is C18H20BN3O2. The number of furan rings is 1. The van der Waals surface area contributed by atoms with Gasteiger partial charge in [-0.3, -0.25) is 4.79 Å². The minimum Gasteiger partial charge on any atom is -0.449 e. The summed E-state index contributed by atoms with van der Waals surface area (Å²) in [6.07, 6.45) is 6.21. The molecule has 0 bridgehead atoms. The number of hydrogen-bond donors (Lipinski definition) is 2. The fourth-order valence-corrected chi connectivity index (χ4v) is 4.48. The summed E-state index contributed by atoms with van der Waals surface area (Å²) in [5, 5.41) is 4.61. The Morgan fingerprint density at radius 3 is 3.00 bits per heavy atom. The lowest BCUT2D eigenvalue weighted by Crippen LogP contribution is -2.31. The lowest BCUT2D eigenvalue weighted by molar-refractivity contribution is 0.325. The van der Waals surface area contributed by atoms with Crippen LogP contribution in [0.1, 0.15) is 44.0 Å². The van der Waals surface area contributed by atoms with E-state index in [4.69, 9.17) is 9.40 Å². The van der Waals surface area contributed by atoms with Crippen LogP contribution in [0.5, 0.6) is 0 Å². The van der Waals surface area contributed by atoms with Crippen molar-refractivity contribution in [2.75, 3.05) is 0 Å². The molecule has 1 aromatic carbocycles. The Bertz CT molecular complexity index is 979. The molecule has 1 saturated carbocycles. The third kappa shape index (κ3) is 2.13. The molecule has 5 nitrogen and oxygen atoms in total. The first kappa shape index (κ1) is 14.3. The van der Waals surface area contributed by atoms with Gasteiger partial charge in [-0.05, 0) is 31.2 Å². The fourth-order valence-electron chi connectivity index (χ4n) is 4.48. The number of rotatable bonds is 1. The molecule has 5 rings (SSSR count). The van der Waals surface area contributed by atoms with E-state index in [1.165, 1.54) is 25.7 Å². The Morgan fingerprint density at radius 2 is 2.12 bits per heavy atom. The first-order valence-electron chi connectivity index (χ1n) is 8.88. The van der Waals surface area contributed by atoms with Crippen molar-refractivity contribution in [2.24, 2.45) is 5.92 Å². The van der Waals surface area contributed by atoms with Crippen LogP contribution in [-0.4, -0.2) is 23.9 Å². The van der Waals surface area contributed by atoms with Crippen molar-refractivity contribution < 1.29 is 4.42 Å². The van der Waals surface area contributed by atoms with Gasteiger partial charge in [0, 0.05) is 11.4 Å². The summed E-state index contributed by atoms with van der Waals surface area (Å²) in [5.41, 5.74) is 2.69. The Hall–Kier alpha value is -2.08. The number of H-pyrrole nitrogens is 1. The number of hydrogen-bond acceptors (Lipinski definition) is 4. The second-order valence-electron chi connectivity index (χ2n) is 7.34. The third-order valence-electron chi connectivity index (χ3n) is 5.69. The molecule has 3 heterocycles.